The van der Waals surface area contributed by atoms with Gasteiger partial charge in [-0.3, -0.25) is 4.79 Å². The molecule has 2 N–H and O–H groups in total. The van der Waals surface area contributed by atoms with Crippen molar-refractivity contribution in [3.63, 3.8) is 0 Å². The van der Waals surface area contributed by atoms with E-state index < -0.39 is 0 Å². The summed E-state index contributed by atoms with van der Waals surface area (Å²) in [5, 5.41) is 4.19. The van der Waals surface area contributed by atoms with Gasteiger partial charge >= 0.3 is 0 Å². The van der Waals surface area contributed by atoms with Gasteiger partial charge < -0.3 is 4.98 Å². The van der Waals surface area contributed by atoms with Gasteiger partial charge in [0.05, 0.1) is 5.71 Å². The van der Waals surface area contributed by atoms with E-state index in [1.54, 1.807) is 12.3 Å². The molecule has 6 heteroatoms. The standard InChI is InChI=1S/C14H13Br2N3O/c1-2-12(9-3-5-10(15)6-4-9)18-19-14(20)13-7-11(16)8-17-13/h3-8,17H,2H2,1H3,(H,19,20)/b18-12-. The van der Waals surface area contributed by atoms with Crippen LogP contribution in [0.15, 0.2) is 50.6 Å². The first-order valence-corrected chi connectivity index (χ1v) is 7.65. The number of aromatic nitrogens is 1. The average molecular weight is 399 g/mol. The molecule has 0 atom stereocenters. The zero-order valence-corrected chi connectivity index (χ0v) is 14.0. The van der Waals surface area contributed by atoms with Crippen LogP contribution in [-0.4, -0.2) is 16.6 Å². The van der Waals surface area contributed by atoms with Crippen molar-refractivity contribution in [1.82, 2.24) is 10.4 Å². The maximum Gasteiger partial charge on any atom is 0.287 e. The number of amides is 1. The van der Waals surface area contributed by atoms with E-state index in [9.17, 15) is 4.79 Å². The van der Waals surface area contributed by atoms with Crippen LogP contribution >= 0.6 is 31.9 Å². The van der Waals surface area contributed by atoms with E-state index in [1.807, 2.05) is 31.2 Å². The van der Waals surface area contributed by atoms with Crippen molar-refractivity contribution in [3.05, 3.63) is 56.7 Å². The summed E-state index contributed by atoms with van der Waals surface area (Å²) >= 11 is 6.68. The molecule has 0 saturated carbocycles. The van der Waals surface area contributed by atoms with E-state index in [0.717, 1.165) is 26.6 Å². The minimum Gasteiger partial charge on any atom is -0.356 e. The molecule has 1 heterocycles. The summed E-state index contributed by atoms with van der Waals surface area (Å²) in [6.45, 7) is 2.00. The summed E-state index contributed by atoms with van der Waals surface area (Å²) in [7, 11) is 0. The molecule has 20 heavy (non-hydrogen) atoms. The summed E-state index contributed by atoms with van der Waals surface area (Å²) in [5.41, 5.74) is 4.85. The zero-order chi connectivity index (χ0) is 14.5. The quantitative estimate of drug-likeness (QED) is 0.591. The second kappa shape index (κ2) is 6.85. The number of halogens is 2. The molecule has 0 bridgehead atoms. The van der Waals surface area contributed by atoms with Gasteiger partial charge in [0.2, 0.25) is 0 Å². The van der Waals surface area contributed by atoms with Crippen LogP contribution in [0.25, 0.3) is 0 Å². The van der Waals surface area contributed by atoms with Gasteiger partial charge in [-0.1, -0.05) is 35.0 Å². The third kappa shape index (κ3) is 3.80. The smallest absolute Gasteiger partial charge is 0.287 e. The number of nitrogens with zero attached hydrogens (tertiary/aromatic N) is 1. The third-order valence-electron chi connectivity index (χ3n) is 2.70. The molecule has 1 aromatic heterocycles. The fraction of sp³-hybridized carbons (Fsp3) is 0.143. The van der Waals surface area contributed by atoms with Crippen molar-refractivity contribution in [2.24, 2.45) is 5.10 Å². The summed E-state index contributed by atoms with van der Waals surface area (Å²) in [4.78, 5) is 14.7. The molecule has 1 aromatic carbocycles. The number of carbonyl (C=O) groups is 1. The number of benzene rings is 1. The SMILES string of the molecule is CC/C(=N/NC(=O)c1cc(Br)c[nH]1)c1ccc(Br)cc1. The summed E-state index contributed by atoms with van der Waals surface area (Å²) in [5.74, 6) is -0.265. The van der Waals surface area contributed by atoms with E-state index in [4.69, 9.17) is 0 Å². The van der Waals surface area contributed by atoms with Crippen molar-refractivity contribution < 1.29 is 4.79 Å². The second-order valence-electron chi connectivity index (χ2n) is 4.09. The van der Waals surface area contributed by atoms with Gasteiger partial charge in [-0.25, -0.2) is 5.43 Å². The Morgan fingerprint density at radius 2 is 1.95 bits per heavy atom. The molecule has 104 valence electrons. The highest BCUT2D eigenvalue weighted by Crippen LogP contribution is 2.13. The fourth-order valence-corrected chi connectivity index (χ4v) is 2.28. The Labute approximate surface area is 133 Å². The molecule has 0 radical (unpaired) electrons. The molecule has 0 fully saturated rings. The lowest BCUT2D eigenvalue weighted by Gasteiger charge is -2.05. The lowest BCUT2D eigenvalue weighted by atomic mass is 10.1. The van der Waals surface area contributed by atoms with E-state index in [2.05, 4.69) is 47.4 Å². The van der Waals surface area contributed by atoms with Crippen molar-refractivity contribution in [1.29, 1.82) is 0 Å². The number of H-pyrrole nitrogens is 1. The monoisotopic (exact) mass is 397 g/mol. The molecular weight excluding hydrogens is 386 g/mol. The van der Waals surface area contributed by atoms with Gasteiger partial charge in [-0.2, -0.15) is 5.10 Å². The van der Waals surface area contributed by atoms with Crippen LogP contribution in [0.4, 0.5) is 0 Å². The molecular formula is C14H13Br2N3O. The number of nitrogens with one attached hydrogen (secondary N) is 2. The number of hydrogen-bond acceptors (Lipinski definition) is 2. The number of aromatic amines is 1. The largest absolute Gasteiger partial charge is 0.356 e. The highest BCUT2D eigenvalue weighted by Gasteiger charge is 2.08. The van der Waals surface area contributed by atoms with E-state index in [0.29, 0.717) is 5.69 Å². The maximum atomic E-state index is 11.9. The maximum absolute atomic E-state index is 11.9. The van der Waals surface area contributed by atoms with Gasteiger partial charge in [-0.05, 0) is 46.1 Å². The molecule has 0 spiro atoms. The first-order chi connectivity index (χ1) is 9.60. The fourth-order valence-electron chi connectivity index (χ4n) is 1.67. The summed E-state index contributed by atoms with van der Waals surface area (Å²) < 4.78 is 1.84. The minimum atomic E-state index is -0.265. The molecule has 1 amide bonds. The average Bonchev–Trinajstić information content (AvgIpc) is 2.88. The van der Waals surface area contributed by atoms with Gasteiger partial charge in [0.25, 0.3) is 5.91 Å². The minimum absolute atomic E-state index is 0.265. The normalized spacial score (nSPS) is 11.4. The molecule has 0 aliphatic carbocycles. The van der Waals surface area contributed by atoms with Crippen LogP contribution in [0, 0.1) is 0 Å². The first-order valence-electron chi connectivity index (χ1n) is 6.07. The Hall–Kier alpha value is -1.40. The van der Waals surface area contributed by atoms with E-state index in [-0.39, 0.29) is 5.91 Å². The number of carbonyl (C=O) groups excluding carboxylic acids is 1. The number of hydrazone groups is 1. The van der Waals surface area contributed by atoms with Crippen LogP contribution < -0.4 is 5.43 Å². The molecule has 0 unspecified atom stereocenters. The Balaban J connectivity index is 2.11. The Morgan fingerprint density at radius 3 is 2.50 bits per heavy atom. The molecule has 0 aliphatic rings. The van der Waals surface area contributed by atoms with E-state index >= 15 is 0 Å². The van der Waals surface area contributed by atoms with Crippen LogP contribution in [0.3, 0.4) is 0 Å². The second-order valence-corrected chi connectivity index (χ2v) is 5.92. The van der Waals surface area contributed by atoms with Crippen molar-refractivity contribution in [2.75, 3.05) is 0 Å². The Bertz CT molecular complexity index is 632. The van der Waals surface area contributed by atoms with Gasteiger partial charge in [0, 0.05) is 15.1 Å². The highest BCUT2D eigenvalue weighted by atomic mass is 79.9. The predicted octanol–water partition coefficient (Wildman–Crippen LogP) is 4.08. The lowest BCUT2D eigenvalue weighted by molar-refractivity contribution is 0.0950. The van der Waals surface area contributed by atoms with Crippen molar-refractivity contribution in [3.8, 4) is 0 Å². The number of rotatable bonds is 4. The summed E-state index contributed by atoms with van der Waals surface area (Å²) in [6, 6.07) is 9.53. The lowest BCUT2D eigenvalue weighted by Crippen LogP contribution is -2.20. The summed E-state index contributed by atoms with van der Waals surface area (Å²) in [6.07, 6.45) is 2.43. The Kier molecular flexibility index (Phi) is 5.14. The molecule has 4 nitrogen and oxygen atoms in total. The van der Waals surface area contributed by atoms with Gasteiger partial charge in [0.15, 0.2) is 0 Å². The third-order valence-corrected chi connectivity index (χ3v) is 3.68. The molecule has 0 aliphatic heterocycles. The molecule has 2 aromatic rings. The van der Waals surface area contributed by atoms with Crippen LogP contribution in [0.2, 0.25) is 0 Å². The van der Waals surface area contributed by atoms with Crippen molar-refractivity contribution in [2.45, 2.75) is 13.3 Å². The predicted molar refractivity (Wildman–Crippen MR) is 86.9 cm³/mol. The highest BCUT2D eigenvalue weighted by molar-refractivity contribution is 9.10. The Morgan fingerprint density at radius 1 is 1.25 bits per heavy atom. The van der Waals surface area contributed by atoms with E-state index in [1.165, 1.54) is 0 Å². The molecule has 2 rings (SSSR count). The van der Waals surface area contributed by atoms with Crippen LogP contribution in [0.5, 0.6) is 0 Å². The van der Waals surface area contributed by atoms with Gasteiger partial charge in [-0.15, -0.1) is 0 Å². The topological polar surface area (TPSA) is 57.2 Å². The van der Waals surface area contributed by atoms with Crippen LogP contribution in [0.1, 0.15) is 29.4 Å². The van der Waals surface area contributed by atoms with Crippen molar-refractivity contribution >= 4 is 43.5 Å². The van der Waals surface area contributed by atoms with Gasteiger partial charge in [0.1, 0.15) is 5.69 Å². The molecule has 0 saturated heterocycles. The zero-order valence-electron chi connectivity index (χ0n) is 10.8. The number of hydrogen-bond donors (Lipinski definition) is 2. The van der Waals surface area contributed by atoms with Crippen LogP contribution in [-0.2, 0) is 0 Å². The first kappa shape index (κ1) is 15.0.